The van der Waals surface area contributed by atoms with Crippen molar-refractivity contribution >= 4 is 33.3 Å². The summed E-state index contributed by atoms with van der Waals surface area (Å²) < 4.78 is 37.8. The molecular weight excluding hydrogens is 412 g/mol. The van der Waals surface area contributed by atoms with Gasteiger partial charge in [-0.25, -0.2) is 18.6 Å². The summed E-state index contributed by atoms with van der Waals surface area (Å²) in [5, 5.41) is 1.48. The molecule has 1 aliphatic heterocycles. The number of carbonyl (C=O) groups excluding carboxylic acids is 2. The van der Waals surface area contributed by atoms with Gasteiger partial charge in [-0.2, -0.15) is 0 Å². The Balaban J connectivity index is 1.69. The van der Waals surface area contributed by atoms with Crippen LogP contribution < -0.4 is 25.6 Å². The largest absolute Gasteiger partial charge is 0.497 e. The maximum absolute atomic E-state index is 12.8. The van der Waals surface area contributed by atoms with Gasteiger partial charge in [0.25, 0.3) is 10.0 Å². The lowest BCUT2D eigenvalue weighted by molar-refractivity contribution is -0.119. The number of hydrogen-bond acceptors (Lipinski definition) is 8. The van der Waals surface area contributed by atoms with E-state index in [4.69, 9.17) is 4.74 Å². The molecule has 30 heavy (non-hydrogen) atoms. The predicted molar refractivity (Wildman–Crippen MR) is 110 cm³/mol. The summed E-state index contributed by atoms with van der Waals surface area (Å²) in [5.74, 6) is -1.27. The van der Waals surface area contributed by atoms with Crippen LogP contribution in [-0.2, 0) is 19.6 Å². The lowest BCUT2D eigenvalue weighted by Crippen LogP contribution is -2.45. The SMILES string of the molecule is COC(=O)c1ccc(NC(=O)C2CNNC2S(=O)(=O)Nc2ccc(OC)cc2)cc1. The van der Waals surface area contributed by atoms with E-state index in [-0.39, 0.29) is 6.54 Å². The molecule has 2 unspecified atom stereocenters. The smallest absolute Gasteiger partial charge is 0.337 e. The minimum atomic E-state index is -3.93. The molecule has 3 rings (SSSR count). The summed E-state index contributed by atoms with van der Waals surface area (Å²) in [6, 6.07) is 12.5. The number of methoxy groups -OCH3 is 2. The van der Waals surface area contributed by atoms with Crippen LogP contribution in [0.4, 0.5) is 11.4 Å². The lowest BCUT2D eigenvalue weighted by atomic mass is 10.1. The van der Waals surface area contributed by atoms with Crippen molar-refractivity contribution in [3.63, 3.8) is 0 Å². The lowest BCUT2D eigenvalue weighted by Gasteiger charge is -2.19. The van der Waals surface area contributed by atoms with Gasteiger partial charge in [0, 0.05) is 17.9 Å². The van der Waals surface area contributed by atoms with Crippen molar-refractivity contribution in [3.8, 4) is 5.75 Å². The first-order chi connectivity index (χ1) is 14.3. The molecule has 11 heteroatoms. The minimum absolute atomic E-state index is 0.125. The van der Waals surface area contributed by atoms with Crippen LogP contribution in [-0.4, -0.2) is 46.4 Å². The maximum Gasteiger partial charge on any atom is 0.337 e. The van der Waals surface area contributed by atoms with E-state index in [1.165, 1.54) is 26.4 Å². The number of amides is 1. The highest BCUT2D eigenvalue weighted by atomic mass is 32.2. The fraction of sp³-hybridized carbons (Fsp3) is 0.263. The normalized spacial score (nSPS) is 18.5. The molecule has 0 bridgehead atoms. The summed E-state index contributed by atoms with van der Waals surface area (Å²) in [5.41, 5.74) is 6.48. The summed E-state index contributed by atoms with van der Waals surface area (Å²) in [4.78, 5) is 24.2. The summed E-state index contributed by atoms with van der Waals surface area (Å²) >= 11 is 0. The molecule has 0 saturated carbocycles. The van der Waals surface area contributed by atoms with E-state index < -0.39 is 33.2 Å². The zero-order chi connectivity index (χ0) is 21.7. The molecule has 0 radical (unpaired) electrons. The predicted octanol–water partition coefficient (Wildman–Crippen LogP) is 0.912. The van der Waals surface area contributed by atoms with Gasteiger partial charge in [0.05, 0.1) is 25.7 Å². The number of esters is 1. The Morgan fingerprint density at radius 2 is 1.63 bits per heavy atom. The van der Waals surface area contributed by atoms with Crippen LogP contribution in [0.2, 0.25) is 0 Å². The van der Waals surface area contributed by atoms with Crippen LogP contribution in [0.25, 0.3) is 0 Å². The summed E-state index contributed by atoms with van der Waals surface area (Å²) in [6.45, 7) is 0.125. The van der Waals surface area contributed by atoms with E-state index in [9.17, 15) is 18.0 Å². The molecule has 1 fully saturated rings. The van der Waals surface area contributed by atoms with Gasteiger partial charge in [-0.15, -0.1) is 0 Å². The number of carbonyl (C=O) groups is 2. The molecule has 0 aliphatic carbocycles. The van der Waals surface area contributed by atoms with Gasteiger partial charge in [-0.05, 0) is 48.5 Å². The van der Waals surface area contributed by atoms with Gasteiger partial charge < -0.3 is 14.8 Å². The highest BCUT2D eigenvalue weighted by molar-refractivity contribution is 7.93. The second-order valence-corrected chi connectivity index (χ2v) is 8.29. The quantitative estimate of drug-likeness (QED) is 0.473. The number of hydrogen-bond donors (Lipinski definition) is 4. The average Bonchev–Trinajstić information content (AvgIpc) is 3.25. The third-order valence-electron chi connectivity index (χ3n) is 4.53. The van der Waals surface area contributed by atoms with Crippen molar-refractivity contribution in [2.75, 3.05) is 30.8 Å². The zero-order valence-corrected chi connectivity index (χ0v) is 17.2. The fourth-order valence-corrected chi connectivity index (χ4v) is 4.41. The van der Waals surface area contributed by atoms with E-state index in [0.29, 0.717) is 22.7 Å². The number of rotatable bonds is 7. The topological polar surface area (TPSA) is 135 Å². The van der Waals surface area contributed by atoms with E-state index in [0.717, 1.165) is 0 Å². The molecule has 0 aromatic heterocycles. The number of ether oxygens (including phenoxy) is 2. The molecule has 1 saturated heterocycles. The van der Waals surface area contributed by atoms with Crippen molar-refractivity contribution in [2.45, 2.75) is 5.37 Å². The van der Waals surface area contributed by atoms with Gasteiger partial charge in [0.1, 0.15) is 5.75 Å². The molecule has 2 atom stereocenters. The van der Waals surface area contributed by atoms with Gasteiger partial charge in [0.2, 0.25) is 5.91 Å². The fourth-order valence-electron chi connectivity index (χ4n) is 2.93. The second-order valence-electron chi connectivity index (χ2n) is 6.49. The standard InChI is InChI=1S/C19H22N4O6S/c1-28-15-9-7-14(8-10-15)23-30(26,27)18-16(11-20-22-18)17(24)21-13-5-3-12(4-6-13)19(25)29-2/h3-10,16,18,20,22-23H,11H2,1-2H3,(H,21,24). The van der Waals surface area contributed by atoms with Crippen LogP contribution in [0.1, 0.15) is 10.4 Å². The molecule has 1 amide bonds. The molecular formula is C19H22N4O6S. The van der Waals surface area contributed by atoms with E-state index in [2.05, 4.69) is 25.6 Å². The van der Waals surface area contributed by atoms with Crippen LogP contribution in [0.3, 0.4) is 0 Å². The molecule has 160 valence electrons. The number of anilines is 2. The van der Waals surface area contributed by atoms with Crippen molar-refractivity contribution in [1.29, 1.82) is 0 Å². The van der Waals surface area contributed by atoms with Gasteiger partial charge in [-0.1, -0.05) is 0 Å². The Morgan fingerprint density at radius 3 is 2.23 bits per heavy atom. The summed E-state index contributed by atoms with van der Waals surface area (Å²) in [7, 11) is -1.14. The van der Waals surface area contributed by atoms with Gasteiger partial charge in [0.15, 0.2) is 5.37 Å². The van der Waals surface area contributed by atoms with Crippen LogP contribution >= 0.6 is 0 Å². The monoisotopic (exact) mass is 434 g/mol. The summed E-state index contributed by atoms with van der Waals surface area (Å²) in [6.07, 6.45) is 0. The molecule has 4 N–H and O–H groups in total. The van der Waals surface area contributed by atoms with Crippen molar-refractivity contribution in [3.05, 3.63) is 54.1 Å². The first-order valence-corrected chi connectivity index (χ1v) is 10.5. The van der Waals surface area contributed by atoms with Crippen LogP contribution in [0.15, 0.2) is 48.5 Å². The highest BCUT2D eigenvalue weighted by Crippen LogP contribution is 2.22. The number of nitrogens with one attached hydrogen (secondary N) is 4. The number of hydrazine groups is 1. The molecule has 2 aromatic rings. The second kappa shape index (κ2) is 9.11. The average molecular weight is 434 g/mol. The van der Waals surface area contributed by atoms with Crippen LogP contribution in [0, 0.1) is 5.92 Å². The Morgan fingerprint density at radius 1 is 1.00 bits per heavy atom. The molecule has 1 aliphatic rings. The molecule has 1 heterocycles. The van der Waals surface area contributed by atoms with Crippen LogP contribution in [0.5, 0.6) is 5.75 Å². The molecule has 10 nitrogen and oxygen atoms in total. The minimum Gasteiger partial charge on any atom is -0.497 e. The van der Waals surface area contributed by atoms with Crippen molar-refractivity contribution in [1.82, 2.24) is 10.9 Å². The Labute approximate surface area is 174 Å². The van der Waals surface area contributed by atoms with Crippen molar-refractivity contribution < 1.29 is 27.5 Å². The van der Waals surface area contributed by atoms with Gasteiger partial charge in [-0.3, -0.25) is 14.9 Å². The Kier molecular flexibility index (Phi) is 6.55. The van der Waals surface area contributed by atoms with Gasteiger partial charge >= 0.3 is 5.97 Å². The first-order valence-electron chi connectivity index (χ1n) is 8.97. The zero-order valence-electron chi connectivity index (χ0n) is 16.3. The number of benzene rings is 2. The third-order valence-corrected chi connectivity index (χ3v) is 6.16. The molecule has 2 aromatic carbocycles. The Hall–Kier alpha value is -3.15. The highest BCUT2D eigenvalue weighted by Gasteiger charge is 2.41. The van der Waals surface area contributed by atoms with Crippen molar-refractivity contribution in [2.24, 2.45) is 5.92 Å². The molecule has 0 spiro atoms. The first kappa shape index (κ1) is 21.6. The number of sulfonamides is 1. The Bertz CT molecular complexity index is 1010. The maximum atomic E-state index is 12.8. The third kappa shape index (κ3) is 4.87. The van der Waals surface area contributed by atoms with E-state index in [1.807, 2.05) is 0 Å². The van der Waals surface area contributed by atoms with E-state index in [1.54, 1.807) is 36.4 Å². The van der Waals surface area contributed by atoms with E-state index >= 15 is 0 Å².